The SMILES string of the molecule is COc1ccc(OCC(=O)c2ccc(NC(C)=O)cc2NC(C)=O)c([N+](=O)[O-])c1. The number of ether oxygens (including phenoxy) is 2. The normalized spacial score (nSPS) is 10.0. The Bertz CT molecular complexity index is 972. The smallest absolute Gasteiger partial charge is 0.314 e. The first-order valence-electron chi connectivity index (χ1n) is 8.39. The number of amides is 2. The van der Waals surface area contributed by atoms with Gasteiger partial charge in [-0.3, -0.25) is 24.5 Å². The van der Waals surface area contributed by atoms with Gasteiger partial charge in [0.25, 0.3) is 0 Å². The molecule has 152 valence electrons. The van der Waals surface area contributed by atoms with Crippen molar-refractivity contribution in [1.82, 2.24) is 0 Å². The number of hydrogen-bond donors (Lipinski definition) is 2. The van der Waals surface area contributed by atoms with E-state index in [1.807, 2.05) is 0 Å². The van der Waals surface area contributed by atoms with Gasteiger partial charge in [-0.15, -0.1) is 0 Å². The largest absolute Gasteiger partial charge is 0.496 e. The highest BCUT2D eigenvalue weighted by molar-refractivity contribution is 6.06. The molecule has 0 heterocycles. The average molecular weight is 401 g/mol. The van der Waals surface area contributed by atoms with Crippen molar-refractivity contribution < 1.29 is 28.8 Å². The number of carbonyl (C=O) groups excluding carboxylic acids is 3. The molecule has 0 saturated heterocycles. The molecule has 0 aliphatic rings. The van der Waals surface area contributed by atoms with Gasteiger partial charge in [0.05, 0.1) is 23.8 Å². The third-order valence-electron chi connectivity index (χ3n) is 3.67. The van der Waals surface area contributed by atoms with Crippen LogP contribution in [-0.2, 0) is 9.59 Å². The summed E-state index contributed by atoms with van der Waals surface area (Å²) in [6.45, 7) is 2.10. The van der Waals surface area contributed by atoms with Gasteiger partial charge < -0.3 is 20.1 Å². The van der Waals surface area contributed by atoms with Crippen LogP contribution in [0, 0.1) is 10.1 Å². The number of Topliss-reactive ketones (excluding diaryl/α,β-unsaturated/α-hetero) is 1. The molecule has 2 amide bonds. The molecule has 0 saturated carbocycles. The molecular formula is C19H19N3O7. The number of nitrogens with one attached hydrogen (secondary N) is 2. The van der Waals surface area contributed by atoms with Gasteiger partial charge in [0.2, 0.25) is 17.6 Å². The summed E-state index contributed by atoms with van der Waals surface area (Å²) in [4.78, 5) is 45.8. The minimum atomic E-state index is -0.646. The number of methoxy groups -OCH3 is 1. The second-order valence-corrected chi connectivity index (χ2v) is 5.93. The molecular weight excluding hydrogens is 382 g/mol. The maximum atomic E-state index is 12.6. The van der Waals surface area contributed by atoms with Crippen LogP contribution >= 0.6 is 0 Å². The number of anilines is 2. The van der Waals surface area contributed by atoms with E-state index < -0.39 is 23.2 Å². The standard InChI is InChI=1S/C19H19N3O7/c1-11(23)20-13-4-6-15(16(8-13)21-12(2)24)18(25)10-29-19-7-5-14(28-3)9-17(19)22(26)27/h4-9H,10H2,1-3H3,(H,20,23)(H,21,24). The number of benzene rings is 2. The first-order valence-corrected chi connectivity index (χ1v) is 8.39. The number of ketones is 1. The topological polar surface area (TPSA) is 137 Å². The van der Waals surface area contributed by atoms with Crippen molar-refractivity contribution in [2.24, 2.45) is 0 Å². The van der Waals surface area contributed by atoms with Crippen molar-refractivity contribution in [3.05, 3.63) is 52.1 Å². The summed E-state index contributed by atoms with van der Waals surface area (Å²) in [6.07, 6.45) is 0. The third kappa shape index (κ3) is 5.76. The maximum absolute atomic E-state index is 12.6. The fourth-order valence-electron chi connectivity index (χ4n) is 2.47. The molecule has 10 heteroatoms. The minimum absolute atomic E-state index is 0.0971. The molecule has 0 unspecified atom stereocenters. The lowest BCUT2D eigenvalue weighted by atomic mass is 10.1. The first kappa shape index (κ1) is 21.4. The van der Waals surface area contributed by atoms with Crippen LogP contribution in [0.4, 0.5) is 17.1 Å². The van der Waals surface area contributed by atoms with Crippen LogP contribution in [-0.4, -0.2) is 36.2 Å². The molecule has 2 aromatic carbocycles. The van der Waals surface area contributed by atoms with E-state index in [1.165, 1.54) is 57.4 Å². The Hall–Kier alpha value is -3.95. The molecule has 0 atom stereocenters. The van der Waals surface area contributed by atoms with Gasteiger partial charge in [0.1, 0.15) is 5.75 Å². The summed E-state index contributed by atoms with van der Waals surface area (Å²) >= 11 is 0. The van der Waals surface area contributed by atoms with Crippen LogP contribution in [0.5, 0.6) is 11.5 Å². The summed E-state index contributed by atoms with van der Waals surface area (Å²) < 4.78 is 10.3. The van der Waals surface area contributed by atoms with Gasteiger partial charge in [0.15, 0.2) is 12.4 Å². The van der Waals surface area contributed by atoms with E-state index in [1.54, 1.807) is 0 Å². The molecule has 2 N–H and O–H groups in total. The van der Waals surface area contributed by atoms with Crippen molar-refractivity contribution in [3.8, 4) is 11.5 Å². The fourth-order valence-corrected chi connectivity index (χ4v) is 2.47. The van der Waals surface area contributed by atoms with Crippen LogP contribution in [0.2, 0.25) is 0 Å². The van der Waals surface area contributed by atoms with E-state index in [-0.39, 0.29) is 34.3 Å². The van der Waals surface area contributed by atoms with Crippen LogP contribution in [0.3, 0.4) is 0 Å². The zero-order chi connectivity index (χ0) is 21.6. The van der Waals surface area contributed by atoms with Crippen molar-refractivity contribution in [2.75, 3.05) is 24.4 Å². The number of nitro benzene ring substituents is 1. The molecule has 0 bridgehead atoms. The number of nitro groups is 1. The molecule has 29 heavy (non-hydrogen) atoms. The van der Waals surface area contributed by atoms with Crippen LogP contribution < -0.4 is 20.1 Å². The minimum Gasteiger partial charge on any atom is -0.496 e. The number of rotatable bonds is 8. The van der Waals surface area contributed by atoms with Gasteiger partial charge >= 0.3 is 5.69 Å². The summed E-state index contributed by atoms with van der Waals surface area (Å²) in [5, 5.41) is 16.3. The summed E-state index contributed by atoms with van der Waals surface area (Å²) in [7, 11) is 1.37. The van der Waals surface area contributed by atoms with E-state index >= 15 is 0 Å². The zero-order valence-corrected chi connectivity index (χ0v) is 16.0. The van der Waals surface area contributed by atoms with Crippen molar-refractivity contribution in [2.45, 2.75) is 13.8 Å². The van der Waals surface area contributed by atoms with E-state index in [4.69, 9.17) is 9.47 Å². The van der Waals surface area contributed by atoms with Crippen LogP contribution in [0.25, 0.3) is 0 Å². The van der Waals surface area contributed by atoms with E-state index in [2.05, 4.69) is 10.6 Å². The van der Waals surface area contributed by atoms with Crippen molar-refractivity contribution in [1.29, 1.82) is 0 Å². The molecule has 0 spiro atoms. The highest BCUT2D eigenvalue weighted by atomic mass is 16.6. The van der Waals surface area contributed by atoms with Crippen LogP contribution in [0.1, 0.15) is 24.2 Å². The third-order valence-corrected chi connectivity index (χ3v) is 3.67. The summed E-state index contributed by atoms with van der Waals surface area (Å²) in [5.74, 6) is -1.07. The molecule has 0 aromatic heterocycles. The zero-order valence-electron chi connectivity index (χ0n) is 16.0. The lowest BCUT2D eigenvalue weighted by Gasteiger charge is -2.13. The van der Waals surface area contributed by atoms with Crippen LogP contribution in [0.15, 0.2) is 36.4 Å². The number of carbonyl (C=O) groups is 3. The fraction of sp³-hybridized carbons (Fsp3) is 0.211. The Kier molecular flexibility index (Phi) is 6.85. The lowest BCUT2D eigenvalue weighted by Crippen LogP contribution is -2.17. The predicted molar refractivity (Wildman–Crippen MR) is 105 cm³/mol. The van der Waals surface area contributed by atoms with E-state index in [0.29, 0.717) is 5.69 Å². The Balaban J connectivity index is 2.25. The van der Waals surface area contributed by atoms with Gasteiger partial charge in [-0.25, -0.2) is 0 Å². The highest BCUT2D eigenvalue weighted by Crippen LogP contribution is 2.31. The first-order chi connectivity index (χ1) is 13.7. The van der Waals surface area contributed by atoms with Gasteiger partial charge in [-0.05, 0) is 30.3 Å². The summed E-state index contributed by atoms with van der Waals surface area (Å²) in [6, 6.07) is 8.34. The van der Waals surface area contributed by atoms with Gasteiger partial charge in [-0.2, -0.15) is 0 Å². The van der Waals surface area contributed by atoms with Crippen molar-refractivity contribution >= 4 is 34.7 Å². The number of hydrogen-bond acceptors (Lipinski definition) is 7. The summed E-state index contributed by atoms with van der Waals surface area (Å²) in [5.41, 5.74) is 0.358. The Morgan fingerprint density at radius 3 is 2.31 bits per heavy atom. The molecule has 0 fully saturated rings. The average Bonchev–Trinajstić information content (AvgIpc) is 2.65. The monoisotopic (exact) mass is 401 g/mol. The molecule has 2 rings (SSSR count). The quantitative estimate of drug-likeness (QED) is 0.394. The second kappa shape index (κ2) is 9.31. The van der Waals surface area contributed by atoms with Crippen molar-refractivity contribution in [3.63, 3.8) is 0 Å². The molecule has 0 radical (unpaired) electrons. The maximum Gasteiger partial charge on any atom is 0.314 e. The highest BCUT2D eigenvalue weighted by Gasteiger charge is 2.19. The lowest BCUT2D eigenvalue weighted by molar-refractivity contribution is -0.385. The second-order valence-electron chi connectivity index (χ2n) is 5.93. The molecule has 0 aliphatic heterocycles. The molecule has 2 aromatic rings. The predicted octanol–water partition coefficient (Wildman–Crippen LogP) is 2.78. The Morgan fingerprint density at radius 1 is 1.03 bits per heavy atom. The number of nitrogens with zero attached hydrogens (tertiary/aromatic N) is 1. The van der Waals surface area contributed by atoms with E-state index in [9.17, 15) is 24.5 Å². The Morgan fingerprint density at radius 2 is 1.72 bits per heavy atom. The molecule has 0 aliphatic carbocycles. The van der Waals surface area contributed by atoms with E-state index in [0.717, 1.165) is 0 Å². The molecule has 10 nitrogen and oxygen atoms in total. The van der Waals surface area contributed by atoms with Gasteiger partial charge in [-0.1, -0.05) is 0 Å². The Labute approximate surface area is 166 Å². The van der Waals surface area contributed by atoms with Gasteiger partial charge in [0, 0.05) is 25.1 Å².